The van der Waals surface area contributed by atoms with Crippen molar-refractivity contribution in [2.24, 2.45) is 0 Å². The lowest BCUT2D eigenvalue weighted by Gasteiger charge is -2.07. The van der Waals surface area contributed by atoms with E-state index in [4.69, 9.17) is 18.4 Å². The highest BCUT2D eigenvalue weighted by molar-refractivity contribution is 5.81. The molecule has 0 radical (unpaired) electrons. The summed E-state index contributed by atoms with van der Waals surface area (Å²) >= 11 is 0. The number of aromatic nitrogens is 2. The molecule has 3 heterocycles. The van der Waals surface area contributed by atoms with Crippen LogP contribution in [0.5, 0.6) is 0 Å². The van der Waals surface area contributed by atoms with Gasteiger partial charge >= 0.3 is 0 Å². The molecule has 0 spiro atoms. The number of hydrogen-bond donors (Lipinski definition) is 0. The molecule has 1 aliphatic heterocycles. The van der Waals surface area contributed by atoms with Gasteiger partial charge in [0.15, 0.2) is 5.76 Å². The van der Waals surface area contributed by atoms with Gasteiger partial charge in [-0.1, -0.05) is 23.4 Å². The maximum atomic E-state index is 5.71. The van der Waals surface area contributed by atoms with Gasteiger partial charge in [0.1, 0.15) is 12.2 Å². The summed E-state index contributed by atoms with van der Waals surface area (Å²) in [6.07, 6.45) is 2.34. The molecule has 0 saturated carbocycles. The minimum absolute atomic E-state index is 0.192. The Kier molecular flexibility index (Phi) is 3.62. The van der Waals surface area contributed by atoms with Crippen LogP contribution in [0.25, 0.3) is 22.6 Å². The van der Waals surface area contributed by atoms with E-state index in [9.17, 15) is 0 Å². The van der Waals surface area contributed by atoms with Gasteiger partial charge in [0.05, 0.1) is 12.7 Å². The van der Waals surface area contributed by atoms with Crippen molar-refractivity contribution in [2.75, 3.05) is 13.2 Å². The largest absolute Gasteiger partial charge is 0.453 e. The van der Waals surface area contributed by atoms with Crippen LogP contribution in [0.4, 0.5) is 0 Å². The quantitative estimate of drug-likeness (QED) is 0.720. The van der Waals surface area contributed by atoms with E-state index < -0.39 is 0 Å². The topological polar surface area (TPSA) is 70.5 Å². The Morgan fingerprint density at radius 2 is 2.23 bits per heavy atom. The summed E-state index contributed by atoms with van der Waals surface area (Å²) in [5.41, 5.74) is 0.804. The van der Waals surface area contributed by atoms with Crippen LogP contribution in [0.2, 0.25) is 0 Å². The smallest absolute Gasteiger partial charge is 0.253 e. The highest BCUT2D eigenvalue weighted by Crippen LogP contribution is 2.25. The molecule has 114 valence electrons. The molecule has 1 aliphatic rings. The number of benzene rings is 1. The lowest BCUT2D eigenvalue weighted by molar-refractivity contribution is 0.00325. The van der Waals surface area contributed by atoms with Crippen LogP contribution in [0, 0.1) is 0 Å². The lowest BCUT2D eigenvalue weighted by atomic mass is 10.2. The average molecular weight is 300 g/mol. The molecular weight excluding hydrogens is 284 g/mol. The Balaban J connectivity index is 1.42. The summed E-state index contributed by atoms with van der Waals surface area (Å²) in [5, 5.41) is 4.95. The normalized spacial score (nSPS) is 18.3. The molecular formula is C16H16N2O4. The molecule has 3 aromatic rings. The predicted octanol–water partition coefficient (Wildman–Crippen LogP) is 3.18. The van der Waals surface area contributed by atoms with Crippen molar-refractivity contribution in [1.82, 2.24) is 10.1 Å². The number of furan rings is 1. The first kappa shape index (κ1) is 13.5. The number of nitrogens with zero attached hydrogens (tertiary/aromatic N) is 2. The van der Waals surface area contributed by atoms with E-state index in [1.165, 1.54) is 0 Å². The third kappa shape index (κ3) is 2.75. The van der Waals surface area contributed by atoms with Gasteiger partial charge in [-0.3, -0.25) is 0 Å². The van der Waals surface area contributed by atoms with Gasteiger partial charge in [-0.05, 0) is 25.0 Å². The summed E-state index contributed by atoms with van der Waals surface area (Å²) < 4.78 is 22.0. The van der Waals surface area contributed by atoms with E-state index in [2.05, 4.69) is 10.1 Å². The maximum absolute atomic E-state index is 5.71. The number of fused-ring (bicyclic) bond motifs is 1. The van der Waals surface area contributed by atoms with Crippen molar-refractivity contribution in [3.8, 4) is 11.6 Å². The van der Waals surface area contributed by atoms with Gasteiger partial charge in [0.2, 0.25) is 5.82 Å². The first-order valence-corrected chi connectivity index (χ1v) is 7.39. The van der Waals surface area contributed by atoms with Crippen LogP contribution in [0.3, 0.4) is 0 Å². The van der Waals surface area contributed by atoms with E-state index in [0.29, 0.717) is 24.1 Å². The van der Waals surface area contributed by atoms with Crippen LogP contribution in [-0.4, -0.2) is 29.5 Å². The van der Waals surface area contributed by atoms with E-state index in [-0.39, 0.29) is 12.7 Å². The van der Waals surface area contributed by atoms with Gasteiger partial charge < -0.3 is 18.4 Å². The first-order valence-electron chi connectivity index (χ1n) is 7.39. The van der Waals surface area contributed by atoms with Crippen LogP contribution in [-0.2, 0) is 16.1 Å². The Hall–Kier alpha value is -2.18. The van der Waals surface area contributed by atoms with Crippen LogP contribution in [0.15, 0.2) is 39.3 Å². The SMILES string of the molecule is c1ccc2oc(-c3noc(COCC4CCCO4)n3)cc2c1. The van der Waals surface area contributed by atoms with Crippen molar-refractivity contribution in [3.05, 3.63) is 36.2 Å². The average Bonchev–Trinajstić information content (AvgIpc) is 3.27. The molecule has 6 heteroatoms. The minimum Gasteiger partial charge on any atom is -0.453 e. The zero-order valence-corrected chi connectivity index (χ0v) is 12.0. The number of ether oxygens (including phenoxy) is 2. The molecule has 0 aliphatic carbocycles. The summed E-state index contributed by atoms with van der Waals surface area (Å²) in [5.74, 6) is 1.47. The molecule has 1 unspecified atom stereocenters. The third-order valence-electron chi connectivity index (χ3n) is 3.67. The molecule has 1 aromatic carbocycles. The molecule has 1 fully saturated rings. The molecule has 2 aromatic heterocycles. The first-order chi connectivity index (χ1) is 10.9. The van der Waals surface area contributed by atoms with Crippen LogP contribution >= 0.6 is 0 Å². The second kappa shape index (κ2) is 5.90. The van der Waals surface area contributed by atoms with Crippen molar-refractivity contribution >= 4 is 11.0 Å². The van der Waals surface area contributed by atoms with Crippen molar-refractivity contribution in [3.63, 3.8) is 0 Å². The zero-order valence-electron chi connectivity index (χ0n) is 12.0. The summed E-state index contributed by atoms with van der Waals surface area (Å²) in [7, 11) is 0. The van der Waals surface area contributed by atoms with Gasteiger partial charge in [-0.15, -0.1) is 0 Å². The summed E-state index contributed by atoms with van der Waals surface area (Å²) in [6, 6.07) is 9.67. The molecule has 0 amide bonds. The standard InChI is InChI=1S/C16H16N2O4/c1-2-6-13-11(4-1)8-14(21-13)16-17-15(22-18-16)10-19-9-12-5-3-7-20-12/h1-2,4,6,8,12H,3,5,7,9-10H2. The third-order valence-corrected chi connectivity index (χ3v) is 3.67. The van der Waals surface area contributed by atoms with E-state index in [1.807, 2.05) is 30.3 Å². The zero-order chi connectivity index (χ0) is 14.8. The monoisotopic (exact) mass is 300 g/mol. The molecule has 6 nitrogen and oxygen atoms in total. The highest BCUT2D eigenvalue weighted by atomic mass is 16.5. The lowest BCUT2D eigenvalue weighted by Crippen LogP contribution is -2.13. The van der Waals surface area contributed by atoms with Crippen molar-refractivity contribution in [2.45, 2.75) is 25.6 Å². The second-order valence-corrected chi connectivity index (χ2v) is 5.31. The Morgan fingerprint density at radius 3 is 3.09 bits per heavy atom. The fourth-order valence-corrected chi connectivity index (χ4v) is 2.56. The molecule has 22 heavy (non-hydrogen) atoms. The van der Waals surface area contributed by atoms with Crippen LogP contribution in [0.1, 0.15) is 18.7 Å². The van der Waals surface area contributed by atoms with E-state index in [1.54, 1.807) is 0 Å². The van der Waals surface area contributed by atoms with Crippen molar-refractivity contribution in [1.29, 1.82) is 0 Å². The minimum atomic E-state index is 0.192. The number of para-hydroxylation sites is 1. The van der Waals surface area contributed by atoms with E-state index in [0.717, 1.165) is 30.4 Å². The Labute approximate surface area is 127 Å². The Bertz CT molecular complexity index is 725. The summed E-state index contributed by atoms with van der Waals surface area (Å²) in [6.45, 7) is 1.67. The second-order valence-electron chi connectivity index (χ2n) is 5.31. The molecule has 1 atom stereocenters. The molecule has 0 N–H and O–H groups in total. The Morgan fingerprint density at radius 1 is 1.27 bits per heavy atom. The highest BCUT2D eigenvalue weighted by Gasteiger charge is 2.17. The van der Waals surface area contributed by atoms with Crippen LogP contribution < -0.4 is 0 Å². The van der Waals surface area contributed by atoms with Gasteiger partial charge in [-0.2, -0.15) is 4.98 Å². The van der Waals surface area contributed by atoms with Gasteiger partial charge in [-0.25, -0.2) is 0 Å². The fourth-order valence-electron chi connectivity index (χ4n) is 2.56. The van der Waals surface area contributed by atoms with Gasteiger partial charge in [0.25, 0.3) is 5.89 Å². The number of rotatable bonds is 5. The van der Waals surface area contributed by atoms with E-state index >= 15 is 0 Å². The summed E-state index contributed by atoms with van der Waals surface area (Å²) in [4.78, 5) is 4.30. The fraction of sp³-hybridized carbons (Fsp3) is 0.375. The molecule has 4 rings (SSSR count). The number of hydrogen-bond acceptors (Lipinski definition) is 6. The van der Waals surface area contributed by atoms with Gasteiger partial charge in [0, 0.05) is 12.0 Å². The predicted molar refractivity (Wildman–Crippen MR) is 78.1 cm³/mol. The molecule has 1 saturated heterocycles. The molecule has 0 bridgehead atoms. The maximum Gasteiger partial charge on any atom is 0.253 e. The van der Waals surface area contributed by atoms with Crippen molar-refractivity contribution < 1.29 is 18.4 Å².